The molecule has 0 aromatic heterocycles. The standard InChI is InChI=1S/C10H10O6.3C8H6O4/c11-7(12)4-5-2-1-3-6(9(13)14)8(5)10(15)16;3*9-7(10)5-3-1-2-4-6(5)8(11)12/h1-3,7,11-12H,4H2,(H,13,14)(H,15,16);3*1-4H,(H,9,10)(H,11,12). The third kappa shape index (κ3) is 12.9. The first-order valence-electron chi connectivity index (χ1n) is 13.9. The summed E-state index contributed by atoms with van der Waals surface area (Å²) < 4.78 is 0. The van der Waals surface area contributed by atoms with Crippen LogP contribution in [-0.2, 0) is 6.42 Å². The van der Waals surface area contributed by atoms with E-state index >= 15 is 0 Å². The molecular weight excluding hydrogens is 696 g/mol. The van der Waals surface area contributed by atoms with Crippen molar-refractivity contribution >= 4 is 47.8 Å². The molecule has 4 aromatic carbocycles. The summed E-state index contributed by atoms with van der Waals surface area (Å²) in [5, 5.41) is 86.5. The van der Waals surface area contributed by atoms with Crippen molar-refractivity contribution < 1.29 is 89.4 Å². The number of carbonyl (C=O) groups is 8. The molecule has 18 nitrogen and oxygen atoms in total. The van der Waals surface area contributed by atoms with Crippen molar-refractivity contribution in [3.05, 3.63) is 141 Å². The molecule has 0 amide bonds. The predicted molar refractivity (Wildman–Crippen MR) is 173 cm³/mol. The smallest absolute Gasteiger partial charge is 0.336 e. The summed E-state index contributed by atoms with van der Waals surface area (Å²) >= 11 is 0. The van der Waals surface area contributed by atoms with Gasteiger partial charge in [0.25, 0.3) is 0 Å². The Bertz CT molecular complexity index is 1720. The monoisotopic (exact) mass is 724 g/mol. The Kier molecular flexibility index (Phi) is 16.5. The molecule has 0 atom stereocenters. The molecule has 272 valence electrons. The molecule has 0 radical (unpaired) electrons. The number of benzene rings is 4. The maximum absolute atomic E-state index is 10.9. The van der Waals surface area contributed by atoms with Crippen LogP contribution in [0.2, 0.25) is 0 Å². The highest BCUT2D eigenvalue weighted by molar-refractivity contribution is 6.04. The number of hydrogen-bond acceptors (Lipinski definition) is 10. The van der Waals surface area contributed by atoms with Gasteiger partial charge in [0.2, 0.25) is 0 Å². The van der Waals surface area contributed by atoms with Gasteiger partial charge in [-0.05, 0) is 48.0 Å². The van der Waals surface area contributed by atoms with Crippen LogP contribution in [0.3, 0.4) is 0 Å². The summed E-state index contributed by atoms with van der Waals surface area (Å²) in [6, 6.07) is 20.3. The third-order valence-electron chi connectivity index (χ3n) is 6.16. The van der Waals surface area contributed by atoms with Crippen LogP contribution in [0.4, 0.5) is 0 Å². The zero-order chi connectivity index (χ0) is 39.7. The van der Waals surface area contributed by atoms with Crippen LogP contribution in [-0.4, -0.2) is 105 Å². The quantitative estimate of drug-likeness (QED) is 0.105. The molecule has 0 spiro atoms. The molecule has 4 rings (SSSR count). The third-order valence-corrected chi connectivity index (χ3v) is 6.16. The first-order chi connectivity index (χ1) is 24.3. The van der Waals surface area contributed by atoms with E-state index in [-0.39, 0.29) is 50.9 Å². The zero-order valence-corrected chi connectivity index (χ0v) is 26.2. The second-order valence-electron chi connectivity index (χ2n) is 9.60. The van der Waals surface area contributed by atoms with Gasteiger partial charge in [-0.2, -0.15) is 0 Å². The molecular formula is C34H28O18. The van der Waals surface area contributed by atoms with Crippen LogP contribution in [0.15, 0.2) is 91.0 Å². The number of carboxylic acids is 8. The van der Waals surface area contributed by atoms with Crippen LogP contribution >= 0.6 is 0 Å². The van der Waals surface area contributed by atoms with E-state index in [2.05, 4.69) is 0 Å². The summed E-state index contributed by atoms with van der Waals surface area (Å²) in [6.45, 7) is 0. The molecule has 52 heavy (non-hydrogen) atoms. The molecule has 18 heteroatoms. The van der Waals surface area contributed by atoms with E-state index in [0.29, 0.717) is 0 Å². The highest BCUT2D eigenvalue weighted by Gasteiger charge is 2.21. The predicted octanol–water partition coefficient (Wildman–Crippen LogP) is 3.19. The van der Waals surface area contributed by atoms with Gasteiger partial charge < -0.3 is 51.1 Å². The van der Waals surface area contributed by atoms with Gasteiger partial charge in [-0.1, -0.05) is 48.5 Å². The number of hydrogen-bond donors (Lipinski definition) is 10. The van der Waals surface area contributed by atoms with Crippen molar-refractivity contribution in [3.8, 4) is 0 Å². The van der Waals surface area contributed by atoms with Crippen molar-refractivity contribution in [3.63, 3.8) is 0 Å². The second-order valence-corrected chi connectivity index (χ2v) is 9.60. The largest absolute Gasteiger partial charge is 0.478 e. The summed E-state index contributed by atoms with van der Waals surface area (Å²) in [5.74, 6) is -10.1. The van der Waals surface area contributed by atoms with Gasteiger partial charge >= 0.3 is 47.8 Å². The molecule has 0 fully saturated rings. The maximum Gasteiger partial charge on any atom is 0.336 e. The van der Waals surface area contributed by atoms with Crippen molar-refractivity contribution in [1.82, 2.24) is 0 Å². The van der Waals surface area contributed by atoms with Crippen molar-refractivity contribution in [2.75, 3.05) is 0 Å². The van der Waals surface area contributed by atoms with Gasteiger partial charge in [0.1, 0.15) is 0 Å². The van der Waals surface area contributed by atoms with E-state index in [1.54, 1.807) is 0 Å². The minimum absolute atomic E-state index is 0.0717. The summed E-state index contributed by atoms with van der Waals surface area (Å²) in [6.07, 6.45) is -2.05. The molecule has 0 aliphatic heterocycles. The van der Waals surface area contributed by atoms with Crippen LogP contribution in [0.25, 0.3) is 0 Å². The Morgan fingerprint density at radius 2 is 0.577 bits per heavy atom. The SMILES string of the molecule is O=C(O)c1cccc(CC(O)O)c1C(=O)O.O=C(O)c1ccccc1C(=O)O.O=C(O)c1ccccc1C(=O)O.O=C(O)c1ccccc1C(=O)O. The van der Waals surface area contributed by atoms with E-state index in [4.69, 9.17) is 51.1 Å². The molecule has 0 saturated heterocycles. The Hall–Kier alpha value is -7.44. The lowest BCUT2D eigenvalue weighted by molar-refractivity contribution is -0.0383. The van der Waals surface area contributed by atoms with Crippen molar-refractivity contribution in [1.29, 1.82) is 0 Å². The summed E-state index contributed by atoms with van der Waals surface area (Å²) in [7, 11) is 0. The Morgan fingerprint density at radius 1 is 0.346 bits per heavy atom. The highest BCUT2D eigenvalue weighted by atomic mass is 16.5. The minimum Gasteiger partial charge on any atom is -0.478 e. The van der Waals surface area contributed by atoms with E-state index in [1.807, 2.05) is 0 Å². The molecule has 0 bridgehead atoms. The molecule has 10 N–H and O–H groups in total. The fourth-order valence-corrected chi connectivity index (χ4v) is 3.97. The zero-order valence-electron chi connectivity index (χ0n) is 26.2. The van der Waals surface area contributed by atoms with E-state index in [9.17, 15) is 38.4 Å². The van der Waals surface area contributed by atoms with Crippen molar-refractivity contribution in [2.45, 2.75) is 12.7 Å². The van der Waals surface area contributed by atoms with Gasteiger partial charge in [0.05, 0.1) is 44.5 Å². The minimum atomic E-state index is -1.72. The average molecular weight is 725 g/mol. The van der Waals surface area contributed by atoms with E-state index in [1.165, 1.54) is 84.9 Å². The Labute approximate surface area is 291 Å². The first kappa shape index (κ1) is 42.6. The Balaban J connectivity index is 0.000000350. The summed E-state index contributed by atoms with van der Waals surface area (Å²) in [5.41, 5.74) is -1.85. The van der Waals surface area contributed by atoms with E-state index in [0.717, 1.165) is 6.07 Å². The lowest BCUT2D eigenvalue weighted by Gasteiger charge is -2.09. The number of aliphatic hydroxyl groups is 2. The maximum atomic E-state index is 10.9. The molecule has 0 heterocycles. The lowest BCUT2D eigenvalue weighted by Crippen LogP contribution is -2.16. The Morgan fingerprint density at radius 3 is 0.769 bits per heavy atom. The van der Waals surface area contributed by atoms with Gasteiger partial charge in [0, 0.05) is 6.42 Å². The van der Waals surface area contributed by atoms with Crippen LogP contribution < -0.4 is 0 Å². The normalized spacial score (nSPS) is 9.67. The summed E-state index contributed by atoms with van der Waals surface area (Å²) in [4.78, 5) is 84.5. The molecule has 0 saturated carbocycles. The molecule has 0 aliphatic rings. The second kappa shape index (κ2) is 20.2. The van der Waals surface area contributed by atoms with Gasteiger partial charge in [-0.15, -0.1) is 0 Å². The van der Waals surface area contributed by atoms with Crippen LogP contribution in [0.1, 0.15) is 88.4 Å². The molecule has 0 aliphatic carbocycles. The van der Waals surface area contributed by atoms with Crippen LogP contribution in [0.5, 0.6) is 0 Å². The number of carboxylic acid groups (broad SMARTS) is 8. The topological polar surface area (TPSA) is 339 Å². The fourth-order valence-electron chi connectivity index (χ4n) is 3.97. The van der Waals surface area contributed by atoms with Gasteiger partial charge in [-0.25, -0.2) is 38.4 Å². The fraction of sp³-hybridized carbons (Fsp3) is 0.0588. The highest BCUT2D eigenvalue weighted by Crippen LogP contribution is 2.17. The number of aliphatic hydroxyl groups excluding tert-OH is 1. The van der Waals surface area contributed by atoms with E-state index < -0.39 is 59.6 Å². The van der Waals surface area contributed by atoms with Crippen molar-refractivity contribution in [2.24, 2.45) is 0 Å². The first-order valence-corrected chi connectivity index (χ1v) is 13.9. The molecule has 4 aromatic rings. The van der Waals surface area contributed by atoms with Gasteiger partial charge in [0.15, 0.2) is 6.29 Å². The number of rotatable bonds is 10. The average Bonchev–Trinajstić information content (AvgIpc) is 3.08. The van der Waals surface area contributed by atoms with Gasteiger partial charge in [-0.3, -0.25) is 0 Å². The number of aromatic carboxylic acids is 8. The lowest BCUT2D eigenvalue weighted by atomic mass is 9.98. The molecule has 0 unspecified atom stereocenters. The van der Waals surface area contributed by atoms with Crippen LogP contribution in [0, 0.1) is 0 Å².